The number of halogens is 2. The van der Waals surface area contributed by atoms with Crippen LogP contribution in [0, 0.1) is 0 Å². The molecular formula is C14H9BrClNO4. The van der Waals surface area contributed by atoms with Crippen molar-refractivity contribution in [1.82, 2.24) is 0 Å². The lowest BCUT2D eigenvalue weighted by molar-refractivity contribution is 0.0696. The van der Waals surface area contributed by atoms with Crippen LogP contribution in [0.3, 0.4) is 0 Å². The van der Waals surface area contributed by atoms with Gasteiger partial charge < -0.3 is 15.5 Å². The van der Waals surface area contributed by atoms with Gasteiger partial charge in [-0.3, -0.25) is 4.79 Å². The van der Waals surface area contributed by atoms with E-state index in [1.54, 1.807) is 12.1 Å². The van der Waals surface area contributed by atoms with Crippen molar-refractivity contribution in [3.63, 3.8) is 0 Å². The molecule has 108 valence electrons. The smallest absolute Gasteiger partial charge is 0.335 e. The summed E-state index contributed by atoms with van der Waals surface area (Å²) in [4.78, 5) is 22.8. The first-order chi connectivity index (χ1) is 9.88. The van der Waals surface area contributed by atoms with Gasteiger partial charge in [-0.25, -0.2) is 4.79 Å². The predicted octanol–water partition coefficient (Wildman–Crippen LogP) is 3.76. The second-order valence-corrected chi connectivity index (χ2v) is 5.38. The van der Waals surface area contributed by atoms with Gasteiger partial charge in [-0.05, 0) is 52.3 Å². The highest BCUT2D eigenvalue weighted by atomic mass is 79.9. The normalized spacial score (nSPS) is 10.2. The molecule has 0 radical (unpaired) electrons. The molecule has 0 fully saturated rings. The SMILES string of the molecule is O=C(O)c1ccc(NC(=O)c2ccc(Br)c(Cl)c2)c(O)c1. The fourth-order valence-corrected chi connectivity index (χ4v) is 2.03. The molecule has 1 amide bonds. The van der Waals surface area contributed by atoms with Gasteiger partial charge in [0.1, 0.15) is 5.75 Å². The largest absolute Gasteiger partial charge is 0.506 e. The van der Waals surface area contributed by atoms with Gasteiger partial charge in [0.05, 0.1) is 16.3 Å². The van der Waals surface area contributed by atoms with Gasteiger partial charge in [0.2, 0.25) is 0 Å². The van der Waals surface area contributed by atoms with Gasteiger partial charge in [0.15, 0.2) is 0 Å². The number of carboxylic acids is 1. The van der Waals surface area contributed by atoms with Crippen LogP contribution in [0.2, 0.25) is 5.02 Å². The zero-order chi connectivity index (χ0) is 15.6. The second-order valence-electron chi connectivity index (χ2n) is 4.12. The average molecular weight is 371 g/mol. The maximum atomic E-state index is 12.0. The minimum Gasteiger partial charge on any atom is -0.506 e. The van der Waals surface area contributed by atoms with Crippen LogP contribution in [-0.4, -0.2) is 22.1 Å². The molecule has 2 aromatic carbocycles. The van der Waals surface area contributed by atoms with E-state index in [1.807, 2.05) is 0 Å². The number of rotatable bonds is 3. The van der Waals surface area contributed by atoms with Crippen LogP contribution < -0.4 is 5.32 Å². The number of carboxylic acid groups (broad SMARTS) is 1. The van der Waals surface area contributed by atoms with E-state index in [4.69, 9.17) is 16.7 Å². The highest BCUT2D eigenvalue weighted by Crippen LogP contribution is 2.26. The van der Waals surface area contributed by atoms with E-state index >= 15 is 0 Å². The Morgan fingerprint density at radius 2 is 1.76 bits per heavy atom. The number of aromatic hydroxyl groups is 1. The quantitative estimate of drug-likeness (QED) is 0.718. The van der Waals surface area contributed by atoms with E-state index in [0.717, 1.165) is 6.07 Å². The molecule has 0 heterocycles. The fourth-order valence-electron chi connectivity index (χ4n) is 1.60. The zero-order valence-corrected chi connectivity index (χ0v) is 12.8. The fraction of sp³-hybridized carbons (Fsp3) is 0. The lowest BCUT2D eigenvalue weighted by Crippen LogP contribution is -2.12. The minimum absolute atomic E-state index is 0.0721. The van der Waals surface area contributed by atoms with Crippen LogP contribution in [0.15, 0.2) is 40.9 Å². The number of amides is 1. The third-order valence-electron chi connectivity index (χ3n) is 2.67. The summed E-state index contributed by atoms with van der Waals surface area (Å²) < 4.78 is 0.661. The first-order valence-corrected chi connectivity index (χ1v) is 6.88. The van der Waals surface area contributed by atoms with Crippen LogP contribution in [0.25, 0.3) is 0 Å². The van der Waals surface area contributed by atoms with Crippen LogP contribution in [-0.2, 0) is 0 Å². The number of hydrogen-bond donors (Lipinski definition) is 3. The first-order valence-electron chi connectivity index (χ1n) is 5.71. The van der Waals surface area contributed by atoms with Gasteiger partial charge in [-0.2, -0.15) is 0 Å². The van der Waals surface area contributed by atoms with E-state index in [-0.39, 0.29) is 17.0 Å². The molecule has 0 bridgehead atoms. The lowest BCUT2D eigenvalue weighted by Gasteiger charge is -2.08. The summed E-state index contributed by atoms with van der Waals surface area (Å²) in [6.07, 6.45) is 0. The van der Waals surface area contributed by atoms with E-state index in [9.17, 15) is 14.7 Å². The molecule has 0 aliphatic carbocycles. The lowest BCUT2D eigenvalue weighted by atomic mass is 10.1. The standard InChI is InChI=1S/C14H9BrClNO4/c15-9-3-1-7(5-10(9)16)13(19)17-11-4-2-8(14(20)21)6-12(11)18/h1-6,18H,(H,17,19)(H,20,21). The zero-order valence-electron chi connectivity index (χ0n) is 10.4. The van der Waals surface area contributed by atoms with Crippen LogP contribution in [0.4, 0.5) is 5.69 Å². The Balaban J connectivity index is 2.23. The Morgan fingerprint density at radius 3 is 2.33 bits per heavy atom. The number of benzene rings is 2. The van der Waals surface area contributed by atoms with Crippen molar-refractivity contribution in [2.75, 3.05) is 5.32 Å². The summed E-state index contributed by atoms with van der Waals surface area (Å²) in [6.45, 7) is 0. The number of hydrogen-bond acceptors (Lipinski definition) is 3. The van der Waals surface area contributed by atoms with E-state index in [0.29, 0.717) is 15.1 Å². The molecule has 0 saturated heterocycles. The summed E-state index contributed by atoms with van der Waals surface area (Å²) >= 11 is 9.13. The molecule has 0 aliphatic rings. The number of phenolic OH excluding ortho intramolecular Hbond substituents is 1. The maximum Gasteiger partial charge on any atom is 0.335 e. The number of phenols is 1. The Morgan fingerprint density at radius 1 is 1.10 bits per heavy atom. The summed E-state index contributed by atoms with van der Waals surface area (Å²) in [5.41, 5.74) is 0.353. The van der Waals surface area contributed by atoms with Crippen LogP contribution in [0.1, 0.15) is 20.7 Å². The third kappa shape index (κ3) is 3.53. The predicted molar refractivity (Wildman–Crippen MR) is 82.2 cm³/mol. The van der Waals surface area contributed by atoms with E-state index in [2.05, 4.69) is 21.2 Å². The van der Waals surface area contributed by atoms with Crippen molar-refractivity contribution in [3.05, 3.63) is 57.0 Å². The third-order valence-corrected chi connectivity index (χ3v) is 3.91. The Hall–Kier alpha value is -2.05. The molecule has 21 heavy (non-hydrogen) atoms. The van der Waals surface area contributed by atoms with Crippen molar-refractivity contribution >= 4 is 45.1 Å². The summed E-state index contributed by atoms with van der Waals surface area (Å²) in [5.74, 6) is -1.96. The molecule has 2 rings (SSSR count). The molecule has 5 nitrogen and oxygen atoms in total. The second kappa shape index (κ2) is 6.15. The van der Waals surface area contributed by atoms with Gasteiger partial charge >= 0.3 is 5.97 Å². The van der Waals surface area contributed by atoms with Crippen molar-refractivity contribution in [2.45, 2.75) is 0 Å². The Labute approximate surface area is 133 Å². The van der Waals surface area contributed by atoms with E-state index in [1.165, 1.54) is 18.2 Å². The summed E-state index contributed by atoms with van der Waals surface area (Å²) in [6, 6.07) is 8.33. The Kier molecular flexibility index (Phi) is 4.50. The van der Waals surface area contributed by atoms with Gasteiger partial charge in [-0.1, -0.05) is 11.6 Å². The number of aromatic carboxylic acids is 1. The Bertz CT molecular complexity index is 733. The summed E-state index contributed by atoms with van der Waals surface area (Å²) in [7, 11) is 0. The molecule has 0 atom stereocenters. The van der Waals surface area contributed by atoms with Crippen LogP contribution in [0.5, 0.6) is 5.75 Å². The number of anilines is 1. The first kappa shape index (κ1) is 15.3. The minimum atomic E-state index is -1.16. The maximum absolute atomic E-state index is 12.0. The van der Waals surface area contributed by atoms with Gasteiger partial charge in [0.25, 0.3) is 5.91 Å². The molecule has 2 aromatic rings. The summed E-state index contributed by atoms with van der Waals surface area (Å²) in [5, 5.41) is 21.4. The number of carbonyl (C=O) groups is 2. The van der Waals surface area contributed by atoms with Crippen molar-refractivity contribution in [1.29, 1.82) is 0 Å². The molecule has 0 aromatic heterocycles. The van der Waals surface area contributed by atoms with Crippen molar-refractivity contribution in [3.8, 4) is 5.75 Å². The molecule has 0 saturated carbocycles. The molecule has 0 aliphatic heterocycles. The topological polar surface area (TPSA) is 86.6 Å². The molecule has 0 unspecified atom stereocenters. The van der Waals surface area contributed by atoms with Crippen LogP contribution >= 0.6 is 27.5 Å². The highest BCUT2D eigenvalue weighted by Gasteiger charge is 2.12. The van der Waals surface area contributed by atoms with Crippen molar-refractivity contribution < 1.29 is 19.8 Å². The molecule has 0 spiro atoms. The monoisotopic (exact) mass is 369 g/mol. The average Bonchev–Trinajstić information content (AvgIpc) is 2.43. The molecule has 7 heteroatoms. The van der Waals surface area contributed by atoms with Gasteiger partial charge in [0, 0.05) is 10.0 Å². The van der Waals surface area contributed by atoms with Gasteiger partial charge in [-0.15, -0.1) is 0 Å². The van der Waals surface area contributed by atoms with Crippen molar-refractivity contribution in [2.24, 2.45) is 0 Å². The van der Waals surface area contributed by atoms with E-state index < -0.39 is 11.9 Å². The number of carbonyl (C=O) groups excluding carboxylic acids is 1. The highest BCUT2D eigenvalue weighted by molar-refractivity contribution is 9.10. The molecule has 3 N–H and O–H groups in total. The molecular weight excluding hydrogens is 362 g/mol. The number of nitrogens with one attached hydrogen (secondary N) is 1.